The monoisotopic (exact) mass is 600 g/mol. The molecule has 2 nitrogen and oxygen atoms in total. The molecule has 0 bridgehead atoms. The molecule has 2 heteroatoms. The van der Waals surface area contributed by atoms with Gasteiger partial charge in [-0.2, -0.15) is 0 Å². The van der Waals surface area contributed by atoms with Crippen molar-refractivity contribution in [2.24, 2.45) is 27.1 Å². The summed E-state index contributed by atoms with van der Waals surface area (Å²) in [6.45, 7) is 4.44. The van der Waals surface area contributed by atoms with Crippen molar-refractivity contribution in [3.05, 3.63) is 60.8 Å². The van der Waals surface area contributed by atoms with Gasteiger partial charge in [-0.05, 0) is 144 Å². The third-order valence-corrected chi connectivity index (χ3v) is 13.3. The number of hydrogen-bond donors (Lipinski definition) is 1. The van der Waals surface area contributed by atoms with Gasteiger partial charge in [0.2, 0.25) is 0 Å². The maximum Gasteiger partial charge on any atom is 0.0579 e. The molecule has 0 radical (unpaired) electrons. The fourth-order valence-corrected chi connectivity index (χ4v) is 9.62. The molecular formula is C42H65NO. The molecule has 10 aliphatic rings. The van der Waals surface area contributed by atoms with E-state index in [1.807, 2.05) is 0 Å². The highest BCUT2D eigenvalue weighted by Crippen LogP contribution is 2.49. The lowest BCUT2D eigenvalue weighted by Gasteiger charge is -2.41. The lowest BCUT2D eigenvalue weighted by molar-refractivity contribution is -0.0813. The van der Waals surface area contributed by atoms with Gasteiger partial charge in [-0.15, -0.1) is 0 Å². The normalized spacial score (nSPS) is 30.4. The third kappa shape index (κ3) is 8.31. The summed E-state index contributed by atoms with van der Waals surface area (Å²) in [5.74, 6) is 0. The highest BCUT2D eigenvalue weighted by molar-refractivity contribution is 5.11. The summed E-state index contributed by atoms with van der Waals surface area (Å²) < 4.78 is 5.11. The number of nitrogens with one attached hydrogen (secondary N) is 1. The number of hydrogen-bond acceptors (Lipinski definition) is 2. The molecule has 10 rings (SSSR count). The van der Waals surface area contributed by atoms with Gasteiger partial charge in [0.25, 0.3) is 0 Å². The highest BCUT2D eigenvalue weighted by Gasteiger charge is 2.38. The van der Waals surface area contributed by atoms with E-state index in [0.29, 0.717) is 10.8 Å². The number of ether oxygens (including phenoxy) is 1. The van der Waals surface area contributed by atoms with Crippen LogP contribution in [0.25, 0.3) is 0 Å². The summed E-state index contributed by atoms with van der Waals surface area (Å²) in [5, 5.41) is 3.42. The molecule has 44 heavy (non-hydrogen) atoms. The van der Waals surface area contributed by atoms with Crippen molar-refractivity contribution >= 4 is 0 Å². The zero-order valence-electron chi connectivity index (χ0n) is 28.3. The minimum absolute atomic E-state index is 0.514. The highest BCUT2D eigenvalue weighted by atomic mass is 16.5. The van der Waals surface area contributed by atoms with Crippen LogP contribution in [0.2, 0.25) is 0 Å². The minimum atomic E-state index is 0.514. The van der Waals surface area contributed by atoms with Crippen LogP contribution in [0.4, 0.5) is 0 Å². The van der Waals surface area contributed by atoms with Crippen LogP contribution in [0.1, 0.15) is 148 Å². The van der Waals surface area contributed by atoms with E-state index in [0.717, 1.165) is 29.5 Å². The SMILES string of the molecule is C1=CC2(CC1)CCC2.C1=CC2(CC1)COC2.C1=CC2(CCC1)CCC2.C1=CCC2(C1)CCCCC2.C1=CCC2(C1)CCNC2. The van der Waals surface area contributed by atoms with E-state index in [-0.39, 0.29) is 0 Å². The first kappa shape index (κ1) is 32.6. The predicted molar refractivity (Wildman–Crippen MR) is 188 cm³/mol. The van der Waals surface area contributed by atoms with Gasteiger partial charge in [0.1, 0.15) is 0 Å². The summed E-state index contributed by atoms with van der Waals surface area (Å²) in [6, 6.07) is 0. The Balaban J connectivity index is 0.0000000976. The van der Waals surface area contributed by atoms with E-state index in [4.69, 9.17) is 4.74 Å². The minimum Gasteiger partial charge on any atom is -0.379 e. The van der Waals surface area contributed by atoms with Crippen LogP contribution in [0.15, 0.2) is 60.8 Å². The van der Waals surface area contributed by atoms with Crippen LogP contribution in [0, 0.1) is 27.1 Å². The summed E-state index contributed by atoms with van der Waals surface area (Å²) in [5.41, 5.74) is 3.40. The van der Waals surface area contributed by atoms with E-state index in [9.17, 15) is 0 Å². The summed E-state index contributed by atoms with van der Waals surface area (Å²) in [7, 11) is 0. The van der Waals surface area contributed by atoms with Gasteiger partial charge in [-0.1, -0.05) is 92.9 Å². The largest absolute Gasteiger partial charge is 0.379 e. The molecule has 0 aromatic rings. The fraction of sp³-hybridized carbons (Fsp3) is 0.762. The van der Waals surface area contributed by atoms with Crippen molar-refractivity contribution in [3.63, 3.8) is 0 Å². The molecule has 0 atom stereocenters. The van der Waals surface area contributed by atoms with Crippen LogP contribution in [-0.2, 0) is 4.74 Å². The lowest BCUT2D eigenvalue weighted by atomic mass is 9.64. The molecule has 0 aromatic carbocycles. The molecule has 0 unspecified atom stereocenters. The Labute approximate surface area is 271 Å². The second kappa shape index (κ2) is 15.0. The summed E-state index contributed by atoms with van der Waals surface area (Å²) >= 11 is 0. The average molecular weight is 600 g/mol. The fourth-order valence-electron chi connectivity index (χ4n) is 9.62. The zero-order valence-corrected chi connectivity index (χ0v) is 28.3. The van der Waals surface area contributed by atoms with Crippen LogP contribution < -0.4 is 5.32 Å². The quantitative estimate of drug-likeness (QED) is 0.280. The Kier molecular flexibility index (Phi) is 11.1. The molecule has 0 amide bonds. The van der Waals surface area contributed by atoms with Crippen LogP contribution in [0.3, 0.4) is 0 Å². The van der Waals surface area contributed by atoms with Gasteiger partial charge < -0.3 is 10.1 Å². The molecule has 2 heterocycles. The Bertz CT molecular complexity index is 982. The van der Waals surface area contributed by atoms with Gasteiger partial charge in [-0.25, -0.2) is 0 Å². The topological polar surface area (TPSA) is 21.3 Å². The van der Waals surface area contributed by atoms with Gasteiger partial charge in [-0.3, -0.25) is 0 Å². The second-order valence-electron chi connectivity index (χ2n) is 16.7. The molecule has 2 saturated heterocycles. The van der Waals surface area contributed by atoms with E-state index in [1.165, 1.54) is 161 Å². The standard InChI is InChI=1S/C10H16.C9H14.C8H13N.C8H12.C7H10O/c1-2-6-10(7-3-1)8-4-5-9-10;1-2-5-9(6-3-1)7-4-8-9;1-2-4-8(3-1)5-6-9-7-8;1-2-5-8(4-1)6-3-7-8;1-2-4-7(3-1)5-8-6-7/h4-5H,1-3,6-9H2;2,5H,1,3-4,6-8H2;1-2,9H,3-7H2;1,4H,2-3,5-7H2;1,3H,2,4-6H2. The van der Waals surface area contributed by atoms with Crippen molar-refractivity contribution in [3.8, 4) is 0 Å². The Hall–Kier alpha value is -1.38. The van der Waals surface area contributed by atoms with Crippen LogP contribution in [0.5, 0.6) is 0 Å². The molecule has 3 saturated carbocycles. The Morgan fingerprint density at radius 2 is 0.932 bits per heavy atom. The van der Waals surface area contributed by atoms with Crippen molar-refractivity contribution in [1.82, 2.24) is 5.32 Å². The summed E-state index contributed by atoms with van der Waals surface area (Å²) in [6.07, 6.45) is 56.4. The van der Waals surface area contributed by atoms with Crippen molar-refractivity contribution in [2.45, 2.75) is 148 Å². The number of allylic oxidation sites excluding steroid dienone is 9. The van der Waals surface area contributed by atoms with Gasteiger partial charge >= 0.3 is 0 Å². The van der Waals surface area contributed by atoms with Crippen LogP contribution in [-0.4, -0.2) is 26.3 Å². The number of rotatable bonds is 0. The smallest absolute Gasteiger partial charge is 0.0579 e. The Morgan fingerprint density at radius 3 is 1.30 bits per heavy atom. The van der Waals surface area contributed by atoms with E-state index >= 15 is 0 Å². The van der Waals surface area contributed by atoms with Gasteiger partial charge in [0, 0.05) is 12.0 Å². The molecule has 244 valence electrons. The second-order valence-corrected chi connectivity index (χ2v) is 16.7. The van der Waals surface area contributed by atoms with Crippen molar-refractivity contribution < 1.29 is 4.74 Å². The molecule has 2 aliphatic heterocycles. The maximum atomic E-state index is 5.11. The lowest BCUT2D eigenvalue weighted by Crippen LogP contribution is -2.38. The first-order valence-electron chi connectivity index (χ1n) is 19.2. The van der Waals surface area contributed by atoms with E-state index < -0.39 is 0 Å². The van der Waals surface area contributed by atoms with Crippen LogP contribution >= 0.6 is 0 Å². The first-order valence-corrected chi connectivity index (χ1v) is 19.2. The van der Waals surface area contributed by atoms with E-state index in [2.05, 4.69) is 66.1 Å². The predicted octanol–water partition coefficient (Wildman–Crippen LogP) is 11.4. The maximum absolute atomic E-state index is 5.11. The van der Waals surface area contributed by atoms with Crippen molar-refractivity contribution in [1.29, 1.82) is 0 Å². The summed E-state index contributed by atoms with van der Waals surface area (Å²) in [4.78, 5) is 0. The molecule has 5 spiro atoms. The Morgan fingerprint density at radius 1 is 0.409 bits per heavy atom. The molecule has 1 N–H and O–H groups in total. The zero-order chi connectivity index (χ0) is 30.1. The molecule has 5 fully saturated rings. The molecule has 8 aliphatic carbocycles. The average Bonchev–Trinajstić information content (AvgIpc) is 3.86. The van der Waals surface area contributed by atoms with Gasteiger partial charge in [0.15, 0.2) is 0 Å². The van der Waals surface area contributed by atoms with Crippen molar-refractivity contribution in [2.75, 3.05) is 26.3 Å². The third-order valence-electron chi connectivity index (χ3n) is 13.3. The molecular weight excluding hydrogens is 534 g/mol. The van der Waals surface area contributed by atoms with E-state index in [1.54, 1.807) is 0 Å². The molecule has 0 aromatic heterocycles. The van der Waals surface area contributed by atoms with Gasteiger partial charge in [0.05, 0.1) is 13.2 Å². The first-order chi connectivity index (χ1) is 21.6.